The highest BCUT2D eigenvalue weighted by atomic mass is 16.2. The van der Waals surface area contributed by atoms with Crippen molar-refractivity contribution in [1.82, 2.24) is 0 Å². The smallest absolute Gasteiger partial charge is 0.258 e. The Hall–Kier alpha value is -15.8. The summed E-state index contributed by atoms with van der Waals surface area (Å²) in [5.41, 5.74) is 17.4. The van der Waals surface area contributed by atoms with E-state index in [-0.39, 0.29) is 88.6 Å². The van der Waals surface area contributed by atoms with Gasteiger partial charge in [0.15, 0.2) is 0 Å². The third-order valence-electron chi connectivity index (χ3n) is 22.2. The van der Waals surface area contributed by atoms with Crippen molar-refractivity contribution in [2.45, 2.75) is 30.6 Å². The van der Waals surface area contributed by atoms with Crippen molar-refractivity contribution in [2.24, 2.45) is 0 Å². The molecule has 0 aromatic heterocycles. The monoisotopic (exact) mass is 1530 g/mol. The number of benzene rings is 12. The van der Waals surface area contributed by atoms with E-state index in [4.69, 9.17) is 0 Å². The summed E-state index contributed by atoms with van der Waals surface area (Å²) in [4.78, 5) is 153. The second kappa shape index (κ2) is 30.0. The normalized spacial score (nSPS) is 15.8. The van der Waals surface area contributed by atoms with Crippen molar-refractivity contribution in [3.8, 4) is 0 Å². The minimum atomic E-state index is -0.362. The molecule has 0 saturated heterocycles. The first-order valence-electron chi connectivity index (χ1n) is 37.9. The Morgan fingerprint density at radius 3 is 0.923 bits per heavy atom. The molecule has 0 atom stereocenters. The lowest BCUT2D eigenvalue weighted by Gasteiger charge is -2.28. The number of anilines is 6. The first-order chi connectivity index (χ1) is 57.0. The van der Waals surface area contributed by atoms with Crippen LogP contribution < -0.4 is 29.4 Å². The maximum Gasteiger partial charge on any atom is 0.258 e. The highest BCUT2D eigenvalue weighted by molar-refractivity contribution is 6.32. The molecule has 0 spiro atoms. The van der Waals surface area contributed by atoms with Crippen LogP contribution in [0.1, 0.15) is 90.9 Å². The molecule has 0 bridgehead atoms. The number of hydrogen-bond donors (Lipinski definition) is 0. The fourth-order valence-corrected chi connectivity index (χ4v) is 16.7. The molecule has 6 heterocycles. The van der Waals surface area contributed by atoms with Gasteiger partial charge in [-0.2, -0.15) is 0 Å². The van der Waals surface area contributed by atoms with Gasteiger partial charge in [0.1, 0.15) is 0 Å². The maximum atomic E-state index is 12.3. The highest BCUT2D eigenvalue weighted by Gasteiger charge is 2.34. The molecule has 6 aliphatic heterocycles. The lowest BCUT2D eigenvalue weighted by Crippen LogP contribution is -2.29. The summed E-state index contributed by atoms with van der Waals surface area (Å²) in [7, 11) is 0. The number of hydrogen-bond acceptors (Lipinski definition) is 12. The van der Waals surface area contributed by atoms with Crippen molar-refractivity contribution in [1.29, 1.82) is 0 Å². The molecule has 12 aromatic carbocycles. The summed E-state index contributed by atoms with van der Waals surface area (Å²) >= 11 is 0. The van der Waals surface area contributed by atoms with Crippen molar-refractivity contribution in [2.75, 3.05) is 29.4 Å². The van der Waals surface area contributed by atoms with Crippen molar-refractivity contribution < 1.29 is 57.5 Å². The van der Waals surface area contributed by atoms with Gasteiger partial charge in [-0.05, 0) is 190 Å². The van der Waals surface area contributed by atoms with E-state index in [0.29, 0.717) is 34.1 Å². The Morgan fingerprint density at radius 1 is 0.231 bits per heavy atom. The van der Waals surface area contributed by atoms with Gasteiger partial charge >= 0.3 is 0 Å². The summed E-state index contributed by atoms with van der Waals surface area (Å²) in [6.07, 6.45) is 23.7. The number of nitrogens with zero attached hydrogens (tertiary/aromatic N) is 6. The van der Waals surface area contributed by atoms with E-state index in [1.54, 1.807) is 48.5 Å². The van der Waals surface area contributed by atoms with Crippen molar-refractivity contribution in [3.63, 3.8) is 0 Å². The Morgan fingerprint density at radius 2 is 0.538 bits per heavy atom. The Balaban J connectivity index is 0.000000122. The molecule has 0 N–H and O–H groups in total. The van der Waals surface area contributed by atoms with Crippen LogP contribution in [-0.2, 0) is 64.0 Å². The standard InChI is InChI=1S/C37H24N2O4.2C31H20N2O4/c40-31-18-19-32(41)38(31)27-12-6-24(7-13-27)35(25-8-14-28(15-9-25)39-33(42)20-21-34(39)43)29-16-11-26-5-4-22-2-1-3-23-10-17-30(29)37(26)36(22)23;34-27-16-17-28(35)32(27)23-12-8-21(9-13-23)31(26-7-3-5-20-4-1-2-6-25(20)26)22-10-14-24(15-11-22)33-29(36)18-19-30(33)37;34-27-15-16-28(35)32(27)25-11-7-21(8-12-25)31(24-6-5-20-3-1-2-4-23(20)19-24)22-9-13-26(14-10-22)33-29(36)17-18-30(33)37/h1-2,4-16,18-21,35H,3,17H2;2*1-19,31H. The predicted molar refractivity (Wildman–Crippen MR) is 448 cm³/mol. The molecule has 0 unspecified atom stereocenters. The van der Waals surface area contributed by atoms with Gasteiger partial charge in [0, 0.05) is 90.7 Å². The van der Waals surface area contributed by atoms with Crippen LogP contribution >= 0.6 is 0 Å². The second-order valence-corrected chi connectivity index (χ2v) is 28.9. The molecule has 0 saturated carbocycles. The van der Waals surface area contributed by atoms with Gasteiger partial charge in [-0.1, -0.05) is 200 Å². The van der Waals surface area contributed by atoms with E-state index < -0.39 is 0 Å². The molecule has 0 fully saturated rings. The summed E-state index contributed by atoms with van der Waals surface area (Å²) in [5, 5.41) is 6.95. The number of carbonyl (C=O) groups excluding carboxylic acids is 12. The molecular weight excluding hydrogens is 1470 g/mol. The number of rotatable bonds is 15. The van der Waals surface area contributed by atoms with E-state index in [0.717, 1.165) is 114 Å². The zero-order valence-corrected chi connectivity index (χ0v) is 62.1. The van der Waals surface area contributed by atoms with Crippen LogP contribution in [0.5, 0.6) is 0 Å². The van der Waals surface area contributed by atoms with Gasteiger partial charge < -0.3 is 0 Å². The van der Waals surface area contributed by atoms with Crippen LogP contribution in [0.15, 0.2) is 340 Å². The highest BCUT2D eigenvalue weighted by Crippen LogP contribution is 2.47. The third-order valence-corrected chi connectivity index (χ3v) is 22.2. The summed E-state index contributed by atoms with van der Waals surface area (Å²) in [6.45, 7) is 0. The average molecular weight is 1530 g/mol. The number of imide groups is 6. The van der Waals surface area contributed by atoms with Gasteiger partial charge in [0.2, 0.25) is 0 Å². The van der Waals surface area contributed by atoms with E-state index in [1.165, 1.54) is 106 Å². The summed E-state index contributed by atoms with van der Waals surface area (Å²) in [5.74, 6) is -4.84. The molecular formula is C99H64N6O12. The predicted octanol–water partition coefficient (Wildman–Crippen LogP) is 16.0. The number of fused-ring (bicyclic) bond motifs is 2. The lowest BCUT2D eigenvalue weighted by atomic mass is 9.75. The zero-order valence-electron chi connectivity index (χ0n) is 62.1. The Bertz CT molecular complexity index is 6230. The quantitative estimate of drug-likeness (QED) is 0.0690. The molecule has 18 heteroatoms. The Kier molecular flexibility index (Phi) is 18.7. The van der Waals surface area contributed by atoms with Crippen LogP contribution in [0.25, 0.3) is 44.0 Å². The van der Waals surface area contributed by atoms with Crippen LogP contribution in [0.3, 0.4) is 0 Å². The first kappa shape index (κ1) is 72.7. The fourth-order valence-electron chi connectivity index (χ4n) is 16.7. The molecule has 117 heavy (non-hydrogen) atoms. The topological polar surface area (TPSA) is 224 Å². The zero-order chi connectivity index (χ0) is 80.3. The van der Waals surface area contributed by atoms with E-state index in [9.17, 15) is 57.5 Å². The van der Waals surface area contributed by atoms with Crippen molar-refractivity contribution in [3.05, 3.63) is 407 Å². The van der Waals surface area contributed by atoms with E-state index in [1.807, 2.05) is 127 Å². The van der Waals surface area contributed by atoms with Crippen LogP contribution in [-0.4, -0.2) is 70.9 Å². The number of allylic oxidation sites excluding steroid dienone is 3. The summed E-state index contributed by atoms with van der Waals surface area (Å²) in [6, 6.07) is 82.2. The average Bonchev–Trinajstić information content (AvgIpc) is 0.862. The third kappa shape index (κ3) is 13.4. The lowest BCUT2D eigenvalue weighted by molar-refractivity contribution is -0.121. The number of carbonyl (C=O) groups is 12. The SMILES string of the molecule is O=C1C=CC(=O)N1c1ccc(C(c2ccc(N3C(=O)C=CC3=O)cc2)c2ccc3ccc4c5c3c2CC=C5CC=C4)cc1.O=C1C=CC(=O)N1c1ccc(C(c2ccc(N3C(=O)C=CC3=O)cc2)c2ccc3ccccc3c2)cc1.O=C1C=CC(=O)N1c1ccc(C(c2ccc(N3C(=O)C=CC3=O)cc2)c2cccc3ccccc23)cc1. The minimum absolute atomic E-state index is 0.168. The maximum absolute atomic E-state index is 12.3. The molecule has 12 aromatic rings. The van der Waals surface area contributed by atoms with E-state index >= 15 is 0 Å². The Labute approximate surface area is 669 Å². The van der Waals surface area contributed by atoms with Crippen LogP contribution in [0.4, 0.5) is 34.1 Å². The number of amides is 12. The van der Waals surface area contributed by atoms with Crippen LogP contribution in [0.2, 0.25) is 0 Å². The van der Waals surface area contributed by atoms with Gasteiger partial charge in [-0.3, -0.25) is 57.5 Å². The van der Waals surface area contributed by atoms with Crippen LogP contribution in [0, 0.1) is 0 Å². The molecule has 562 valence electrons. The molecule has 18 nitrogen and oxygen atoms in total. The second-order valence-electron chi connectivity index (χ2n) is 28.9. The van der Waals surface area contributed by atoms with Crippen molar-refractivity contribution >= 4 is 149 Å². The van der Waals surface area contributed by atoms with Gasteiger partial charge in [-0.25, -0.2) is 29.4 Å². The minimum Gasteiger partial charge on any atom is -0.269 e. The van der Waals surface area contributed by atoms with Gasteiger partial charge in [-0.15, -0.1) is 0 Å². The van der Waals surface area contributed by atoms with E-state index in [2.05, 4.69) is 97.1 Å². The largest absolute Gasteiger partial charge is 0.269 e. The molecule has 2 aliphatic carbocycles. The molecule has 20 rings (SSSR count). The fraction of sp³-hybridized carbons (Fsp3) is 0.0505. The molecule has 8 aliphatic rings. The summed E-state index contributed by atoms with van der Waals surface area (Å²) < 4.78 is 0. The van der Waals surface area contributed by atoms with Gasteiger partial charge in [0.05, 0.1) is 34.1 Å². The first-order valence-corrected chi connectivity index (χ1v) is 37.9. The van der Waals surface area contributed by atoms with Gasteiger partial charge in [0.25, 0.3) is 70.9 Å². The molecule has 0 radical (unpaired) electrons. The molecule has 12 amide bonds.